The molecule has 2 rings (SSSR count). The standard InChI is InChI=1S/C14H16F3N3/c15-14(16,17)9-4-7-12(18)13-8-10-20(19-13)11-5-2-1-3-6-11/h1-3,5-6,8,10,12H,4,7,9,18H2. The highest BCUT2D eigenvalue weighted by atomic mass is 19.4. The molecule has 0 aliphatic heterocycles. The van der Waals surface area contributed by atoms with Crippen molar-refractivity contribution in [2.75, 3.05) is 0 Å². The first-order chi connectivity index (χ1) is 9.46. The number of halogens is 3. The number of benzene rings is 1. The SMILES string of the molecule is NC(CCCC(F)(F)F)c1ccn(-c2ccccc2)n1. The van der Waals surface area contributed by atoms with Gasteiger partial charge in [0.25, 0.3) is 0 Å². The average Bonchev–Trinajstić information content (AvgIpc) is 2.88. The number of hydrogen-bond donors (Lipinski definition) is 1. The van der Waals surface area contributed by atoms with E-state index in [1.165, 1.54) is 0 Å². The van der Waals surface area contributed by atoms with Crippen LogP contribution in [0.3, 0.4) is 0 Å². The van der Waals surface area contributed by atoms with E-state index in [9.17, 15) is 13.2 Å². The van der Waals surface area contributed by atoms with E-state index in [4.69, 9.17) is 5.73 Å². The molecule has 0 amide bonds. The summed E-state index contributed by atoms with van der Waals surface area (Å²) in [6.07, 6.45) is -2.88. The zero-order chi connectivity index (χ0) is 14.6. The Morgan fingerprint density at radius 3 is 2.50 bits per heavy atom. The second kappa shape index (κ2) is 6.09. The van der Waals surface area contributed by atoms with E-state index >= 15 is 0 Å². The average molecular weight is 283 g/mol. The lowest BCUT2D eigenvalue weighted by molar-refractivity contribution is -0.135. The molecule has 0 bridgehead atoms. The van der Waals surface area contributed by atoms with Crippen LogP contribution in [-0.4, -0.2) is 16.0 Å². The lowest BCUT2D eigenvalue weighted by atomic mass is 10.1. The van der Waals surface area contributed by atoms with Crippen molar-refractivity contribution in [3.8, 4) is 5.69 Å². The molecular weight excluding hydrogens is 267 g/mol. The summed E-state index contributed by atoms with van der Waals surface area (Å²) < 4.78 is 37.9. The molecule has 3 nitrogen and oxygen atoms in total. The van der Waals surface area contributed by atoms with Gasteiger partial charge in [-0.1, -0.05) is 18.2 Å². The van der Waals surface area contributed by atoms with Crippen molar-refractivity contribution in [1.29, 1.82) is 0 Å². The first-order valence-corrected chi connectivity index (χ1v) is 6.39. The number of aromatic nitrogens is 2. The zero-order valence-electron chi connectivity index (χ0n) is 10.8. The lowest BCUT2D eigenvalue weighted by Crippen LogP contribution is -2.14. The summed E-state index contributed by atoms with van der Waals surface area (Å²) in [7, 11) is 0. The molecule has 2 aromatic rings. The van der Waals surface area contributed by atoms with Crippen LogP contribution in [-0.2, 0) is 0 Å². The van der Waals surface area contributed by atoms with Gasteiger partial charge in [0, 0.05) is 18.7 Å². The highest BCUT2D eigenvalue weighted by molar-refractivity contribution is 5.30. The summed E-state index contributed by atoms with van der Waals surface area (Å²) in [5, 5.41) is 4.31. The maximum atomic E-state index is 12.1. The van der Waals surface area contributed by atoms with Gasteiger partial charge in [-0.05, 0) is 31.0 Å². The van der Waals surface area contributed by atoms with Gasteiger partial charge in [0.2, 0.25) is 0 Å². The van der Waals surface area contributed by atoms with Crippen LogP contribution >= 0.6 is 0 Å². The van der Waals surface area contributed by atoms with Gasteiger partial charge in [0.05, 0.1) is 11.4 Å². The van der Waals surface area contributed by atoms with Crippen LogP contribution in [0.4, 0.5) is 13.2 Å². The number of nitrogens with two attached hydrogens (primary N) is 1. The molecule has 0 aliphatic carbocycles. The first kappa shape index (κ1) is 14.6. The van der Waals surface area contributed by atoms with Gasteiger partial charge in [0.1, 0.15) is 0 Å². The molecule has 1 atom stereocenters. The Labute approximate surface area is 115 Å². The summed E-state index contributed by atoms with van der Waals surface area (Å²) in [5.74, 6) is 0. The largest absolute Gasteiger partial charge is 0.389 e. The molecule has 1 heterocycles. The topological polar surface area (TPSA) is 43.8 Å². The van der Waals surface area contributed by atoms with Crippen LogP contribution in [0.1, 0.15) is 31.0 Å². The second-order valence-electron chi connectivity index (χ2n) is 4.63. The highest BCUT2D eigenvalue weighted by Gasteiger charge is 2.26. The van der Waals surface area contributed by atoms with Crippen molar-refractivity contribution in [2.45, 2.75) is 31.5 Å². The monoisotopic (exact) mass is 283 g/mol. The summed E-state index contributed by atoms with van der Waals surface area (Å²) >= 11 is 0. The molecule has 0 radical (unpaired) electrons. The maximum absolute atomic E-state index is 12.1. The van der Waals surface area contributed by atoms with Crippen molar-refractivity contribution in [3.63, 3.8) is 0 Å². The molecule has 2 N–H and O–H groups in total. The summed E-state index contributed by atoms with van der Waals surface area (Å²) in [4.78, 5) is 0. The van der Waals surface area contributed by atoms with E-state index in [0.717, 1.165) is 5.69 Å². The summed E-state index contributed by atoms with van der Waals surface area (Å²) in [5.41, 5.74) is 7.37. The van der Waals surface area contributed by atoms with Gasteiger partial charge in [-0.2, -0.15) is 18.3 Å². The zero-order valence-corrected chi connectivity index (χ0v) is 10.8. The maximum Gasteiger partial charge on any atom is 0.389 e. The predicted molar refractivity (Wildman–Crippen MR) is 70.4 cm³/mol. The summed E-state index contributed by atoms with van der Waals surface area (Å²) in [6, 6.07) is 10.7. The third-order valence-corrected chi connectivity index (χ3v) is 2.99. The Morgan fingerprint density at radius 1 is 1.15 bits per heavy atom. The molecule has 0 saturated heterocycles. The fraction of sp³-hybridized carbons (Fsp3) is 0.357. The van der Waals surface area contributed by atoms with Crippen LogP contribution in [0.25, 0.3) is 5.69 Å². The van der Waals surface area contributed by atoms with Gasteiger partial charge in [0.15, 0.2) is 0 Å². The molecule has 108 valence electrons. The number of hydrogen-bond acceptors (Lipinski definition) is 2. The van der Waals surface area contributed by atoms with E-state index in [-0.39, 0.29) is 12.8 Å². The Morgan fingerprint density at radius 2 is 1.85 bits per heavy atom. The van der Waals surface area contributed by atoms with Crippen molar-refractivity contribution in [1.82, 2.24) is 9.78 Å². The van der Waals surface area contributed by atoms with Gasteiger partial charge in [-0.3, -0.25) is 0 Å². The predicted octanol–water partition coefficient (Wildman–Crippen LogP) is 3.60. The lowest BCUT2D eigenvalue weighted by Gasteiger charge is -2.10. The molecule has 1 aromatic heterocycles. The van der Waals surface area contributed by atoms with Gasteiger partial charge < -0.3 is 5.73 Å². The van der Waals surface area contributed by atoms with Crippen molar-refractivity contribution >= 4 is 0 Å². The molecular formula is C14H16F3N3. The minimum Gasteiger partial charge on any atom is -0.323 e. The van der Waals surface area contributed by atoms with E-state index in [2.05, 4.69) is 5.10 Å². The molecule has 6 heteroatoms. The number of nitrogens with zero attached hydrogens (tertiary/aromatic N) is 2. The Hall–Kier alpha value is -1.82. The minimum atomic E-state index is -4.12. The Balaban J connectivity index is 1.95. The highest BCUT2D eigenvalue weighted by Crippen LogP contribution is 2.25. The van der Waals surface area contributed by atoms with E-state index in [0.29, 0.717) is 5.69 Å². The third kappa shape index (κ3) is 4.09. The Bertz CT molecular complexity index is 534. The smallest absolute Gasteiger partial charge is 0.323 e. The third-order valence-electron chi connectivity index (χ3n) is 2.99. The Kier molecular flexibility index (Phi) is 4.44. The molecule has 0 saturated carbocycles. The molecule has 20 heavy (non-hydrogen) atoms. The minimum absolute atomic E-state index is 0.0167. The molecule has 1 aromatic carbocycles. The molecule has 1 unspecified atom stereocenters. The first-order valence-electron chi connectivity index (χ1n) is 6.39. The number of rotatable bonds is 5. The number of para-hydroxylation sites is 1. The van der Waals surface area contributed by atoms with Gasteiger partial charge in [-0.15, -0.1) is 0 Å². The van der Waals surface area contributed by atoms with Crippen LogP contribution in [0.15, 0.2) is 42.6 Å². The van der Waals surface area contributed by atoms with Gasteiger partial charge >= 0.3 is 6.18 Å². The van der Waals surface area contributed by atoms with Gasteiger partial charge in [-0.25, -0.2) is 4.68 Å². The fourth-order valence-electron chi connectivity index (χ4n) is 1.93. The van der Waals surface area contributed by atoms with Crippen LogP contribution in [0.2, 0.25) is 0 Å². The van der Waals surface area contributed by atoms with Crippen LogP contribution < -0.4 is 5.73 Å². The van der Waals surface area contributed by atoms with Crippen molar-refractivity contribution in [2.24, 2.45) is 5.73 Å². The van der Waals surface area contributed by atoms with Crippen LogP contribution in [0.5, 0.6) is 0 Å². The normalized spacial score (nSPS) is 13.4. The van der Waals surface area contributed by atoms with E-state index < -0.39 is 18.6 Å². The molecule has 0 fully saturated rings. The quantitative estimate of drug-likeness (QED) is 0.911. The molecule has 0 spiro atoms. The van der Waals surface area contributed by atoms with E-state index in [1.807, 2.05) is 30.3 Å². The number of alkyl halides is 3. The van der Waals surface area contributed by atoms with E-state index in [1.54, 1.807) is 16.9 Å². The van der Waals surface area contributed by atoms with Crippen molar-refractivity contribution in [3.05, 3.63) is 48.3 Å². The fourth-order valence-corrected chi connectivity index (χ4v) is 1.93. The second-order valence-corrected chi connectivity index (χ2v) is 4.63. The molecule has 0 aliphatic rings. The van der Waals surface area contributed by atoms with Crippen LogP contribution in [0, 0.1) is 0 Å². The summed E-state index contributed by atoms with van der Waals surface area (Å²) in [6.45, 7) is 0. The van der Waals surface area contributed by atoms with Crippen molar-refractivity contribution < 1.29 is 13.2 Å².